The maximum absolute atomic E-state index is 5.62. The maximum atomic E-state index is 5.62. The highest BCUT2D eigenvalue weighted by molar-refractivity contribution is 5.85. The molecule has 0 unspecified atom stereocenters. The van der Waals surface area contributed by atoms with E-state index in [1.807, 2.05) is 30.5 Å². The number of hydrogen-bond acceptors (Lipinski definition) is 0. The van der Waals surface area contributed by atoms with Crippen molar-refractivity contribution in [2.75, 3.05) is 0 Å². The number of benzene rings is 1. The molecule has 1 aromatic heterocycles. The van der Waals surface area contributed by atoms with Crippen LogP contribution < -0.4 is 0 Å². The van der Waals surface area contributed by atoms with E-state index in [1.165, 1.54) is 5.39 Å². The minimum atomic E-state index is 0.746. The number of nitrogens with one attached hydrogen (secondary N) is 1. The number of hydrogen-bond donors (Lipinski definition) is 1. The zero-order valence-electron chi connectivity index (χ0n) is 5.46. The molecule has 0 fully saturated rings. The monoisotopic (exact) mass is 129 g/mol. The van der Waals surface area contributed by atoms with Crippen LogP contribution >= 0.6 is 0 Å². The molecule has 48 valence electrons. The molecule has 1 aromatic carbocycles. The lowest BCUT2D eigenvalue weighted by Crippen LogP contribution is -1.66. The van der Waals surface area contributed by atoms with Gasteiger partial charge in [-0.25, -0.2) is 0 Å². The Kier molecular flexibility index (Phi) is 1.04. The van der Waals surface area contributed by atoms with E-state index in [1.54, 1.807) is 0 Å². The van der Waals surface area contributed by atoms with Gasteiger partial charge in [-0.15, -0.1) is 0 Å². The smallest absolute Gasteiger partial charge is 0.0272 e. The molecule has 0 aliphatic rings. The topological polar surface area (TPSA) is 15.8 Å². The molecule has 0 bridgehead atoms. The van der Waals surface area contributed by atoms with Crippen molar-refractivity contribution in [2.24, 2.45) is 0 Å². The summed E-state index contributed by atoms with van der Waals surface area (Å²) >= 11 is 0. The standard InChI is InChI=1S/C9H7N/c1-7-9-5-3-2-4-8(9)6-10-7/h1-6,10H. The molecule has 2 rings (SSSR count). The first-order valence-corrected chi connectivity index (χ1v) is 3.19. The Balaban J connectivity index is 2.93. The molecule has 1 heteroatoms. The molecule has 0 saturated heterocycles. The largest absolute Gasteiger partial charge is 0.364 e. The summed E-state index contributed by atoms with van der Waals surface area (Å²) in [4.78, 5) is 2.95. The number of aromatic nitrogens is 1. The van der Waals surface area contributed by atoms with E-state index in [0.717, 1.165) is 11.1 Å². The van der Waals surface area contributed by atoms with Crippen molar-refractivity contribution in [2.45, 2.75) is 0 Å². The second-order valence-corrected chi connectivity index (χ2v) is 2.29. The highest BCUT2D eigenvalue weighted by Crippen LogP contribution is 2.15. The number of aromatic amines is 1. The van der Waals surface area contributed by atoms with E-state index < -0.39 is 0 Å². The Hall–Kier alpha value is -1.24. The molecule has 1 nitrogen and oxygen atoms in total. The van der Waals surface area contributed by atoms with Crippen LogP contribution in [0.4, 0.5) is 0 Å². The lowest BCUT2D eigenvalue weighted by molar-refractivity contribution is 1.36. The fourth-order valence-electron chi connectivity index (χ4n) is 1.10. The summed E-state index contributed by atoms with van der Waals surface area (Å²) in [7, 11) is 0. The van der Waals surface area contributed by atoms with Crippen molar-refractivity contribution in [1.82, 2.24) is 4.98 Å². The second-order valence-electron chi connectivity index (χ2n) is 2.29. The van der Waals surface area contributed by atoms with Crippen LogP contribution in [0.2, 0.25) is 0 Å². The van der Waals surface area contributed by atoms with E-state index in [0.29, 0.717) is 0 Å². The van der Waals surface area contributed by atoms with Crippen LogP contribution in [0.5, 0.6) is 0 Å². The van der Waals surface area contributed by atoms with Gasteiger partial charge in [-0.2, -0.15) is 0 Å². The van der Waals surface area contributed by atoms with Gasteiger partial charge in [0.05, 0.1) is 0 Å². The third kappa shape index (κ3) is 0.637. The van der Waals surface area contributed by atoms with Gasteiger partial charge in [-0.1, -0.05) is 24.3 Å². The van der Waals surface area contributed by atoms with Crippen molar-refractivity contribution in [3.05, 3.63) is 43.1 Å². The summed E-state index contributed by atoms with van der Waals surface area (Å²) in [6, 6.07) is 8.01. The van der Waals surface area contributed by atoms with Crippen molar-refractivity contribution in [1.29, 1.82) is 0 Å². The summed E-state index contributed by atoms with van der Waals surface area (Å²) in [6.45, 7) is 5.62. The summed E-state index contributed by atoms with van der Waals surface area (Å²) in [5, 5.41) is 2.27. The number of rotatable bonds is 0. The van der Waals surface area contributed by atoms with Crippen molar-refractivity contribution < 1.29 is 0 Å². The Morgan fingerprint density at radius 1 is 1.20 bits per heavy atom. The maximum Gasteiger partial charge on any atom is 0.0272 e. The minimum absolute atomic E-state index is 0.746. The van der Waals surface area contributed by atoms with Gasteiger partial charge in [0, 0.05) is 24.2 Å². The summed E-state index contributed by atoms with van der Waals surface area (Å²) in [5.74, 6) is 0. The quantitative estimate of drug-likeness (QED) is 0.561. The molecule has 0 saturated carbocycles. The highest BCUT2D eigenvalue weighted by Gasteiger charge is 1.94. The predicted molar refractivity (Wildman–Crippen MR) is 41.7 cm³/mol. The van der Waals surface area contributed by atoms with Crippen LogP contribution in [0.1, 0.15) is 5.69 Å². The van der Waals surface area contributed by atoms with Crippen molar-refractivity contribution in [3.8, 4) is 0 Å². The SMILES string of the molecule is [CH]c1[nH]cc2ccccc12. The van der Waals surface area contributed by atoms with Crippen LogP contribution in [0.15, 0.2) is 30.5 Å². The Labute approximate surface area is 59.7 Å². The van der Waals surface area contributed by atoms with E-state index in [9.17, 15) is 0 Å². The molecule has 0 atom stereocenters. The van der Waals surface area contributed by atoms with Crippen LogP contribution in [0.25, 0.3) is 10.8 Å². The molecule has 10 heavy (non-hydrogen) atoms. The summed E-state index contributed by atoms with van der Waals surface area (Å²) in [6.07, 6.45) is 1.91. The van der Waals surface area contributed by atoms with E-state index in [-0.39, 0.29) is 0 Å². The lowest BCUT2D eigenvalue weighted by Gasteiger charge is -1.86. The average Bonchev–Trinajstić information content (AvgIpc) is 2.34. The Morgan fingerprint density at radius 3 is 2.80 bits per heavy atom. The summed E-state index contributed by atoms with van der Waals surface area (Å²) in [5.41, 5.74) is 0.746. The van der Waals surface area contributed by atoms with Crippen LogP contribution in [0.3, 0.4) is 0 Å². The number of H-pyrrole nitrogens is 1. The van der Waals surface area contributed by atoms with Gasteiger partial charge >= 0.3 is 0 Å². The normalized spacial score (nSPS) is 10.5. The Bertz CT molecular complexity index is 346. The van der Waals surface area contributed by atoms with Gasteiger partial charge in [0.15, 0.2) is 0 Å². The average molecular weight is 129 g/mol. The zero-order chi connectivity index (χ0) is 6.97. The summed E-state index contributed by atoms with van der Waals surface area (Å²) < 4.78 is 0. The van der Waals surface area contributed by atoms with Gasteiger partial charge in [-0.3, -0.25) is 0 Å². The lowest BCUT2D eigenvalue weighted by atomic mass is 10.2. The van der Waals surface area contributed by atoms with Gasteiger partial charge < -0.3 is 4.98 Å². The molecule has 0 aliphatic carbocycles. The van der Waals surface area contributed by atoms with Crippen LogP contribution in [-0.4, -0.2) is 4.98 Å². The molecular weight excluding hydrogens is 122 g/mol. The molecule has 0 aliphatic heterocycles. The molecule has 2 radical (unpaired) electrons. The minimum Gasteiger partial charge on any atom is -0.364 e. The van der Waals surface area contributed by atoms with E-state index in [4.69, 9.17) is 6.92 Å². The van der Waals surface area contributed by atoms with E-state index >= 15 is 0 Å². The van der Waals surface area contributed by atoms with E-state index in [2.05, 4.69) is 4.98 Å². The molecule has 1 N–H and O–H groups in total. The number of fused-ring (bicyclic) bond motifs is 1. The first-order valence-electron chi connectivity index (χ1n) is 3.19. The van der Waals surface area contributed by atoms with Gasteiger partial charge in [0.25, 0.3) is 0 Å². The molecule has 2 aromatic rings. The van der Waals surface area contributed by atoms with Gasteiger partial charge in [0.2, 0.25) is 0 Å². The Morgan fingerprint density at radius 2 is 2.00 bits per heavy atom. The molecular formula is C9H7N. The first-order chi connectivity index (χ1) is 4.88. The molecule has 0 spiro atoms. The molecule has 1 heterocycles. The first kappa shape index (κ1) is 5.54. The molecule has 0 amide bonds. The third-order valence-electron chi connectivity index (χ3n) is 1.63. The highest BCUT2D eigenvalue weighted by atomic mass is 14.7. The fourth-order valence-corrected chi connectivity index (χ4v) is 1.10. The second kappa shape index (κ2) is 1.87. The van der Waals surface area contributed by atoms with Gasteiger partial charge in [-0.05, 0) is 5.39 Å². The van der Waals surface area contributed by atoms with Crippen LogP contribution in [0, 0.1) is 6.92 Å². The van der Waals surface area contributed by atoms with Crippen molar-refractivity contribution in [3.63, 3.8) is 0 Å². The zero-order valence-corrected chi connectivity index (χ0v) is 5.46. The predicted octanol–water partition coefficient (Wildman–Crippen LogP) is 2.23. The van der Waals surface area contributed by atoms with Gasteiger partial charge in [0.1, 0.15) is 0 Å². The third-order valence-corrected chi connectivity index (χ3v) is 1.63. The van der Waals surface area contributed by atoms with Crippen LogP contribution in [-0.2, 0) is 0 Å². The van der Waals surface area contributed by atoms with Crippen molar-refractivity contribution >= 4 is 10.8 Å². The fraction of sp³-hybridized carbons (Fsp3) is 0.